The molecule has 0 aliphatic heterocycles. The van der Waals surface area contributed by atoms with E-state index in [0.29, 0.717) is 44.3 Å². The van der Waals surface area contributed by atoms with Gasteiger partial charge >= 0.3 is 5.97 Å². The third-order valence-electron chi connectivity index (χ3n) is 4.18. The molecule has 1 aliphatic carbocycles. The van der Waals surface area contributed by atoms with E-state index >= 15 is 0 Å². The van der Waals surface area contributed by atoms with Crippen LogP contribution in [0.5, 0.6) is 0 Å². The lowest BCUT2D eigenvalue weighted by atomic mass is 10.0. The summed E-state index contributed by atoms with van der Waals surface area (Å²) >= 11 is 3.32. The number of hydrogen-bond donors (Lipinski definition) is 3. The minimum Gasteiger partial charge on any atom is -0.481 e. The number of carbonyl (C=O) groups is 3. The Labute approximate surface area is 149 Å². The summed E-state index contributed by atoms with van der Waals surface area (Å²) in [5.74, 6) is -1.66. The molecule has 2 atom stereocenters. The summed E-state index contributed by atoms with van der Waals surface area (Å²) in [5, 5.41) is 14.6. The Morgan fingerprint density at radius 1 is 1.12 bits per heavy atom. The first-order valence-corrected chi connectivity index (χ1v) is 8.81. The average Bonchev–Trinajstić information content (AvgIpc) is 3.04. The Bertz CT molecular complexity index is 620. The lowest BCUT2D eigenvalue weighted by molar-refractivity contribution is -0.141. The number of carboxylic acid groups (broad SMARTS) is 1. The fraction of sp³-hybridized carbons (Fsp3) is 0.471. The predicted octanol–water partition coefficient (Wildman–Crippen LogP) is 2.19. The normalized spacial score (nSPS) is 19.7. The van der Waals surface area contributed by atoms with Crippen LogP contribution < -0.4 is 10.6 Å². The highest BCUT2D eigenvalue weighted by molar-refractivity contribution is 9.10. The molecule has 24 heavy (non-hydrogen) atoms. The van der Waals surface area contributed by atoms with Gasteiger partial charge in [0.05, 0.1) is 5.92 Å². The fourth-order valence-electron chi connectivity index (χ4n) is 2.82. The first-order chi connectivity index (χ1) is 11.5. The number of rotatable bonds is 7. The van der Waals surface area contributed by atoms with Crippen molar-refractivity contribution in [2.45, 2.75) is 25.7 Å². The van der Waals surface area contributed by atoms with Crippen molar-refractivity contribution in [2.24, 2.45) is 11.8 Å². The second-order valence-electron chi connectivity index (χ2n) is 5.96. The summed E-state index contributed by atoms with van der Waals surface area (Å²) in [7, 11) is 0. The molecular weight excluding hydrogens is 376 g/mol. The number of carboxylic acids is 1. The molecule has 0 bridgehead atoms. The van der Waals surface area contributed by atoms with E-state index in [9.17, 15) is 14.4 Å². The number of aliphatic carboxylic acids is 1. The lowest BCUT2D eigenvalue weighted by Crippen LogP contribution is -2.33. The monoisotopic (exact) mass is 396 g/mol. The Hall–Kier alpha value is -1.89. The molecule has 1 saturated carbocycles. The second kappa shape index (κ2) is 8.82. The molecule has 0 radical (unpaired) electrons. The SMILES string of the molecule is O=C(NCCCNC(=O)[C@H]1CC[C@@H](C(=O)O)C1)c1cccc(Br)c1. The lowest BCUT2D eigenvalue weighted by Gasteiger charge is -2.11. The molecule has 1 aromatic rings. The minimum absolute atomic E-state index is 0.0860. The molecule has 1 aliphatic rings. The fourth-order valence-corrected chi connectivity index (χ4v) is 3.22. The highest BCUT2D eigenvalue weighted by Gasteiger charge is 2.33. The molecule has 0 aromatic heterocycles. The molecule has 1 aromatic carbocycles. The maximum atomic E-state index is 12.0. The Morgan fingerprint density at radius 2 is 1.83 bits per heavy atom. The van der Waals surface area contributed by atoms with Crippen molar-refractivity contribution in [1.82, 2.24) is 10.6 Å². The maximum Gasteiger partial charge on any atom is 0.306 e. The highest BCUT2D eigenvalue weighted by Crippen LogP contribution is 2.31. The van der Waals surface area contributed by atoms with E-state index < -0.39 is 11.9 Å². The van der Waals surface area contributed by atoms with Crippen molar-refractivity contribution in [3.63, 3.8) is 0 Å². The van der Waals surface area contributed by atoms with Crippen LogP contribution in [0.2, 0.25) is 0 Å². The van der Waals surface area contributed by atoms with Gasteiger partial charge < -0.3 is 15.7 Å². The topological polar surface area (TPSA) is 95.5 Å². The van der Waals surface area contributed by atoms with Crippen LogP contribution in [0.25, 0.3) is 0 Å². The molecule has 2 rings (SSSR count). The molecular formula is C17H21BrN2O4. The summed E-state index contributed by atoms with van der Waals surface area (Å²) in [6.07, 6.45) is 2.24. The van der Waals surface area contributed by atoms with Gasteiger partial charge in [-0.15, -0.1) is 0 Å². The van der Waals surface area contributed by atoms with Gasteiger partial charge in [-0.1, -0.05) is 22.0 Å². The van der Waals surface area contributed by atoms with Gasteiger partial charge in [0.2, 0.25) is 5.91 Å². The Kier molecular flexibility index (Phi) is 6.78. The minimum atomic E-state index is -0.819. The third-order valence-corrected chi connectivity index (χ3v) is 4.67. The first-order valence-electron chi connectivity index (χ1n) is 8.01. The smallest absolute Gasteiger partial charge is 0.306 e. The summed E-state index contributed by atoms with van der Waals surface area (Å²) in [4.78, 5) is 34.8. The van der Waals surface area contributed by atoms with Crippen molar-refractivity contribution in [2.75, 3.05) is 13.1 Å². The summed E-state index contributed by atoms with van der Waals surface area (Å²) in [5.41, 5.74) is 0.582. The first kappa shape index (κ1) is 18.4. The zero-order valence-electron chi connectivity index (χ0n) is 13.3. The van der Waals surface area contributed by atoms with Crippen molar-refractivity contribution >= 4 is 33.7 Å². The molecule has 7 heteroatoms. The van der Waals surface area contributed by atoms with Crippen LogP contribution in [0, 0.1) is 11.8 Å². The van der Waals surface area contributed by atoms with Crippen LogP contribution in [0.1, 0.15) is 36.0 Å². The number of carbonyl (C=O) groups excluding carboxylic acids is 2. The van der Waals surface area contributed by atoms with Crippen LogP contribution >= 0.6 is 15.9 Å². The van der Waals surface area contributed by atoms with Gasteiger partial charge in [0, 0.05) is 29.0 Å². The molecule has 0 heterocycles. The summed E-state index contributed by atoms with van der Waals surface area (Å²) in [6, 6.07) is 7.13. The van der Waals surface area contributed by atoms with Crippen LogP contribution in [-0.4, -0.2) is 36.0 Å². The molecule has 130 valence electrons. The molecule has 0 spiro atoms. The molecule has 2 amide bonds. The van der Waals surface area contributed by atoms with E-state index in [4.69, 9.17) is 5.11 Å². The van der Waals surface area contributed by atoms with E-state index in [2.05, 4.69) is 26.6 Å². The number of benzene rings is 1. The standard InChI is InChI=1S/C17H21BrN2O4/c18-14-4-1-3-11(10-14)15(21)19-7-2-8-20-16(22)12-5-6-13(9-12)17(23)24/h1,3-4,10,12-13H,2,5-9H2,(H,19,21)(H,20,22)(H,23,24)/t12-,13+/m0/s1. The van der Waals surface area contributed by atoms with Gasteiger partial charge in [0.25, 0.3) is 5.91 Å². The zero-order valence-corrected chi connectivity index (χ0v) is 14.8. The largest absolute Gasteiger partial charge is 0.481 e. The van der Waals surface area contributed by atoms with Crippen LogP contribution in [-0.2, 0) is 9.59 Å². The van der Waals surface area contributed by atoms with E-state index in [1.807, 2.05) is 6.07 Å². The molecule has 6 nitrogen and oxygen atoms in total. The average molecular weight is 397 g/mol. The number of halogens is 1. The van der Waals surface area contributed by atoms with Crippen LogP contribution in [0.3, 0.4) is 0 Å². The van der Waals surface area contributed by atoms with Gasteiger partial charge in [0.1, 0.15) is 0 Å². The Morgan fingerprint density at radius 3 is 2.50 bits per heavy atom. The van der Waals surface area contributed by atoms with Crippen molar-refractivity contribution in [1.29, 1.82) is 0 Å². The van der Waals surface area contributed by atoms with Crippen molar-refractivity contribution in [3.8, 4) is 0 Å². The molecule has 0 saturated heterocycles. The van der Waals surface area contributed by atoms with Gasteiger partial charge in [-0.25, -0.2) is 0 Å². The Balaban J connectivity index is 1.62. The third kappa shape index (κ3) is 5.33. The van der Waals surface area contributed by atoms with Crippen LogP contribution in [0.4, 0.5) is 0 Å². The quantitative estimate of drug-likeness (QED) is 0.615. The molecule has 3 N–H and O–H groups in total. The second-order valence-corrected chi connectivity index (χ2v) is 6.87. The van der Waals surface area contributed by atoms with Crippen molar-refractivity contribution < 1.29 is 19.5 Å². The highest BCUT2D eigenvalue weighted by atomic mass is 79.9. The van der Waals surface area contributed by atoms with Gasteiger partial charge in [-0.3, -0.25) is 14.4 Å². The van der Waals surface area contributed by atoms with Crippen LogP contribution in [0.15, 0.2) is 28.7 Å². The maximum absolute atomic E-state index is 12.0. The molecule has 0 unspecified atom stereocenters. The van der Waals surface area contributed by atoms with Gasteiger partial charge in [0.15, 0.2) is 0 Å². The molecule has 1 fully saturated rings. The summed E-state index contributed by atoms with van der Waals surface area (Å²) in [6.45, 7) is 0.930. The number of amides is 2. The zero-order chi connectivity index (χ0) is 17.5. The van der Waals surface area contributed by atoms with E-state index in [1.54, 1.807) is 18.2 Å². The number of hydrogen-bond acceptors (Lipinski definition) is 3. The van der Waals surface area contributed by atoms with Crippen molar-refractivity contribution in [3.05, 3.63) is 34.3 Å². The van der Waals surface area contributed by atoms with E-state index in [0.717, 1.165) is 4.47 Å². The van der Waals surface area contributed by atoms with E-state index in [1.165, 1.54) is 0 Å². The number of nitrogens with one attached hydrogen (secondary N) is 2. The van der Waals surface area contributed by atoms with E-state index in [-0.39, 0.29) is 17.7 Å². The predicted molar refractivity (Wildman–Crippen MR) is 92.6 cm³/mol. The summed E-state index contributed by atoms with van der Waals surface area (Å²) < 4.78 is 0.846. The van der Waals surface area contributed by atoms with Gasteiger partial charge in [-0.05, 0) is 43.9 Å². The van der Waals surface area contributed by atoms with Gasteiger partial charge in [-0.2, -0.15) is 0 Å².